The molecule has 1 heterocycles. The molecule has 0 bridgehead atoms. The molecule has 0 saturated carbocycles. The van der Waals surface area contributed by atoms with Gasteiger partial charge in [-0.3, -0.25) is 4.79 Å². The zero-order chi connectivity index (χ0) is 10.6. The standard InChI is InChI=1S/C8H10N2O4/c1-5(11)10-7(8(12)13)2-6-3-14-4-9-6/h3-4,7H,2H2,1H3,(H,10,11)(H,12,13). The van der Waals surface area contributed by atoms with Gasteiger partial charge >= 0.3 is 5.97 Å². The van der Waals surface area contributed by atoms with E-state index in [9.17, 15) is 9.59 Å². The fourth-order valence-electron chi connectivity index (χ4n) is 0.993. The lowest BCUT2D eigenvalue weighted by atomic mass is 10.1. The summed E-state index contributed by atoms with van der Waals surface area (Å²) in [5.74, 6) is -1.48. The number of nitrogens with one attached hydrogen (secondary N) is 1. The van der Waals surface area contributed by atoms with E-state index in [0.29, 0.717) is 5.69 Å². The highest BCUT2D eigenvalue weighted by Gasteiger charge is 2.19. The van der Waals surface area contributed by atoms with Crippen LogP contribution in [0.4, 0.5) is 0 Å². The molecule has 2 N–H and O–H groups in total. The third kappa shape index (κ3) is 2.89. The maximum Gasteiger partial charge on any atom is 0.326 e. The van der Waals surface area contributed by atoms with Crippen LogP contribution in [-0.2, 0) is 16.0 Å². The number of rotatable bonds is 4. The van der Waals surface area contributed by atoms with Crippen molar-refractivity contribution in [2.75, 3.05) is 0 Å². The number of carboxylic acids is 1. The van der Waals surface area contributed by atoms with E-state index in [0.717, 1.165) is 0 Å². The number of oxazole rings is 1. The third-order valence-corrected chi connectivity index (χ3v) is 1.57. The quantitative estimate of drug-likeness (QED) is 0.699. The number of amides is 1. The molecule has 0 aliphatic rings. The van der Waals surface area contributed by atoms with Gasteiger partial charge in [0.05, 0.1) is 5.69 Å². The Bertz CT molecular complexity index is 320. The lowest BCUT2D eigenvalue weighted by molar-refractivity contribution is -0.141. The maximum absolute atomic E-state index is 10.7. The first kappa shape index (κ1) is 10.2. The molecule has 0 aromatic carbocycles. The predicted octanol–water partition coefficient (Wildman–Crippen LogP) is -0.194. The fourth-order valence-corrected chi connectivity index (χ4v) is 0.993. The van der Waals surface area contributed by atoms with Crippen molar-refractivity contribution in [2.45, 2.75) is 19.4 Å². The molecule has 1 unspecified atom stereocenters. The number of hydrogen-bond acceptors (Lipinski definition) is 4. The first-order valence-electron chi connectivity index (χ1n) is 3.96. The van der Waals surface area contributed by atoms with Crippen LogP contribution in [0.2, 0.25) is 0 Å². The molecule has 6 heteroatoms. The van der Waals surface area contributed by atoms with Gasteiger partial charge < -0.3 is 14.8 Å². The van der Waals surface area contributed by atoms with Crippen molar-refractivity contribution in [3.63, 3.8) is 0 Å². The van der Waals surface area contributed by atoms with Crippen LogP contribution in [0.15, 0.2) is 17.1 Å². The highest BCUT2D eigenvalue weighted by molar-refractivity contribution is 5.82. The molecule has 1 amide bonds. The predicted molar refractivity (Wildman–Crippen MR) is 45.4 cm³/mol. The number of aromatic nitrogens is 1. The van der Waals surface area contributed by atoms with Gasteiger partial charge in [0.1, 0.15) is 12.3 Å². The summed E-state index contributed by atoms with van der Waals surface area (Å²) in [6.45, 7) is 1.26. The SMILES string of the molecule is CC(=O)NC(Cc1cocn1)C(=O)O. The van der Waals surface area contributed by atoms with E-state index in [1.54, 1.807) is 0 Å². The molecule has 14 heavy (non-hydrogen) atoms. The Labute approximate surface area is 79.9 Å². The van der Waals surface area contributed by atoms with Crippen molar-refractivity contribution in [2.24, 2.45) is 0 Å². The molecular weight excluding hydrogens is 188 g/mol. The molecule has 0 aliphatic heterocycles. The number of carbonyl (C=O) groups excluding carboxylic acids is 1. The van der Waals surface area contributed by atoms with Gasteiger partial charge in [-0.25, -0.2) is 9.78 Å². The van der Waals surface area contributed by atoms with Gasteiger partial charge in [-0.05, 0) is 0 Å². The van der Waals surface area contributed by atoms with Crippen molar-refractivity contribution >= 4 is 11.9 Å². The van der Waals surface area contributed by atoms with Crippen molar-refractivity contribution in [3.05, 3.63) is 18.4 Å². The monoisotopic (exact) mass is 198 g/mol. The number of aliphatic carboxylic acids is 1. The van der Waals surface area contributed by atoms with Gasteiger partial charge in [0.2, 0.25) is 5.91 Å². The number of carboxylic acid groups (broad SMARTS) is 1. The lowest BCUT2D eigenvalue weighted by Gasteiger charge is -2.10. The van der Waals surface area contributed by atoms with Gasteiger partial charge in [0.15, 0.2) is 6.39 Å². The summed E-state index contributed by atoms with van der Waals surface area (Å²) in [5, 5.41) is 11.0. The summed E-state index contributed by atoms with van der Waals surface area (Å²) in [7, 11) is 0. The normalized spacial score (nSPS) is 12.1. The van der Waals surface area contributed by atoms with E-state index in [1.807, 2.05) is 0 Å². The van der Waals surface area contributed by atoms with Crippen LogP contribution in [0.1, 0.15) is 12.6 Å². The largest absolute Gasteiger partial charge is 0.480 e. The molecule has 1 aromatic heterocycles. The van der Waals surface area contributed by atoms with E-state index in [2.05, 4.69) is 14.7 Å². The zero-order valence-electron chi connectivity index (χ0n) is 7.56. The van der Waals surface area contributed by atoms with Gasteiger partial charge in [-0.2, -0.15) is 0 Å². The van der Waals surface area contributed by atoms with Crippen molar-refractivity contribution < 1.29 is 19.1 Å². The molecule has 1 atom stereocenters. The molecule has 1 rings (SSSR count). The minimum absolute atomic E-state index is 0.116. The van der Waals surface area contributed by atoms with Crippen LogP contribution in [-0.4, -0.2) is 28.0 Å². The van der Waals surface area contributed by atoms with Crippen molar-refractivity contribution in [1.29, 1.82) is 0 Å². The van der Waals surface area contributed by atoms with Crippen LogP contribution in [0, 0.1) is 0 Å². The molecule has 0 spiro atoms. The minimum Gasteiger partial charge on any atom is -0.480 e. The second-order valence-electron chi connectivity index (χ2n) is 2.78. The highest BCUT2D eigenvalue weighted by Crippen LogP contribution is 2.00. The number of nitrogens with zero attached hydrogens (tertiary/aromatic N) is 1. The van der Waals surface area contributed by atoms with Crippen molar-refractivity contribution in [1.82, 2.24) is 10.3 Å². The molecule has 6 nitrogen and oxygen atoms in total. The number of hydrogen-bond donors (Lipinski definition) is 2. The molecule has 0 radical (unpaired) electrons. The van der Waals surface area contributed by atoms with E-state index < -0.39 is 12.0 Å². The molecule has 76 valence electrons. The maximum atomic E-state index is 10.7. The van der Waals surface area contributed by atoms with Crippen LogP contribution < -0.4 is 5.32 Å². The van der Waals surface area contributed by atoms with Crippen LogP contribution in [0.25, 0.3) is 0 Å². The summed E-state index contributed by atoms with van der Waals surface area (Å²) >= 11 is 0. The average molecular weight is 198 g/mol. The Morgan fingerprint density at radius 1 is 1.71 bits per heavy atom. The Balaban J connectivity index is 2.60. The highest BCUT2D eigenvalue weighted by atomic mass is 16.4. The first-order chi connectivity index (χ1) is 6.59. The third-order valence-electron chi connectivity index (χ3n) is 1.57. The Morgan fingerprint density at radius 3 is 2.86 bits per heavy atom. The van der Waals surface area contributed by atoms with Gasteiger partial charge in [-0.1, -0.05) is 0 Å². The Hall–Kier alpha value is -1.85. The topological polar surface area (TPSA) is 92.4 Å². The summed E-state index contributed by atoms with van der Waals surface area (Å²) in [6, 6.07) is -0.961. The van der Waals surface area contributed by atoms with Crippen LogP contribution >= 0.6 is 0 Å². The van der Waals surface area contributed by atoms with Crippen molar-refractivity contribution in [3.8, 4) is 0 Å². The van der Waals surface area contributed by atoms with Gasteiger partial charge in [0, 0.05) is 13.3 Å². The van der Waals surface area contributed by atoms with Crippen LogP contribution in [0.3, 0.4) is 0 Å². The van der Waals surface area contributed by atoms with Gasteiger partial charge in [-0.15, -0.1) is 0 Å². The molecular formula is C8H10N2O4. The zero-order valence-corrected chi connectivity index (χ0v) is 7.56. The summed E-state index contributed by atoms with van der Waals surface area (Å²) < 4.78 is 4.68. The number of carbonyl (C=O) groups is 2. The Morgan fingerprint density at radius 2 is 2.43 bits per heavy atom. The molecule has 1 aromatic rings. The first-order valence-corrected chi connectivity index (χ1v) is 3.96. The summed E-state index contributed by atoms with van der Waals surface area (Å²) in [6.07, 6.45) is 2.67. The molecule has 0 fully saturated rings. The molecule has 0 saturated heterocycles. The van der Waals surface area contributed by atoms with Gasteiger partial charge in [0.25, 0.3) is 0 Å². The Kier molecular flexibility index (Phi) is 3.22. The van der Waals surface area contributed by atoms with Crippen LogP contribution in [0.5, 0.6) is 0 Å². The van der Waals surface area contributed by atoms with E-state index >= 15 is 0 Å². The molecule has 0 aliphatic carbocycles. The second kappa shape index (κ2) is 4.40. The fraction of sp³-hybridized carbons (Fsp3) is 0.375. The summed E-state index contributed by atoms with van der Waals surface area (Å²) in [5.41, 5.74) is 0.492. The van der Waals surface area contributed by atoms with E-state index in [4.69, 9.17) is 5.11 Å². The van der Waals surface area contributed by atoms with E-state index in [-0.39, 0.29) is 12.3 Å². The summed E-state index contributed by atoms with van der Waals surface area (Å²) in [4.78, 5) is 25.1. The second-order valence-corrected chi connectivity index (χ2v) is 2.78. The average Bonchev–Trinajstić information content (AvgIpc) is 2.54. The smallest absolute Gasteiger partial charge is 0.326 e. The lowest BCUT2D eigenvalue weighted by Crippen LogP contribution is -2.41. The minimum atomic E-state index is -1.09. The van der Waals surface area contributed by atoms with E-state index in [1.165, 1.54) is 19.6 Å².